The van der Waals surface area contributed by atoms with Crippen molar-refractivity contribution in [2.45, 2.75) is 0 Å². The number of thiophene rings is 2. The van der Waals surface area contributed by atoms with Gasteiger partial charge < -0.3 is 9.13 Å². The van der Waals surface area contributed by atoms with Gasteiger partial charge in [0, 0.05) is 46.1 Å². The number of aromatic nitrogens is 2. The zero-order chi connectivity index (χ0) is 33.8. The smallest absolute Gasteiger partial charge is 0.197 e. The summed E-state index contributed by atoms with van der Waals surface area (Å²) in [6.45, 7) is 0. The predicted octanol–water partition coefficient (Wildman–Crippen LogP) is 6.36. The molecule has 0 amide bonds. The van der Waals surface area contributed by atoms with Gasteiger partial charge in [0.25, 0.3) is 0 Å². The minimum atomic E-state index is -0.488. The average Bonchev–Trinajstić information content (AvgIpc) is 3.90. The molecule has 0 saturated carbocycles. The van der Waals surface area contributed by atoms with Gasteiger partial charge in [0.2, 0.25) is 0 Å². The molecule has 8 rings (SSSR count). The van der Waals surface area contributed by atoms with Crippen LogP contribution in [0.2, 0.25) is 0 Å². The van der Waals surface area contributed by atoms with Crippen molar-refractivity contribution in [3.05, 3.63) is 102 Å². The largest absolute Gasteiger partial charge is 0.340 e. The highest BCUT2D eigenvalue weighted by Crippen LogP contribution is 2.44. The third-order valence-electron chi connectivity index (χ3n) is 8.84. The van der Waals surface area contributed by atoms with E-state index in [9.17, 15) is 40.2 Å². The third kappa shape index (κ3) is 3.67. The Morgan fingerprint density at radius 1 is 0.521 bits per heavy atom. The Morgan fingerprint density at radius 3 is 1.08 bits per heavy atom. The lowest BCUT2D eigenvalue weighted by molar-refractivity contribution is 0.0975. The zero-order valence-electron chi connectivity index (χ0n) is 24.8. The maximum atomic E-state index is 13.2. The lowest BCUT2D eigenvalue weighted by Crippen LogP contribution is -1.99. The van der Waals surface area contributed by atoms with Gasteiger partial charge in [-0.25, -0.2) is 0 Å². The highest BCUT2D eigenvalue weighted by molar-refractivity contribution is 7.22. The number of hydrogen-bond donors (Lipinski definition) is 0. The number of nitriles is 4. The van der Waals surface area contributed by atoms with Crippen molar-refractivity contribution in [3.8, 4) is 24.3 Å². The molecule has 0 fully saturated rings. The van der Waals surface area contributed by atoms with E-state index in [0.717, 1.165) is 31.5 Å². The topological polar surface area (TPSA) is 173 Å². The summed E-state index contributed by atoms with van der Waals surface area (Å²) >= 11 is 2.85. The molecule has 0 unspecified atom stereocenters. The van der Waals surface area contributed by atoms with Crippen molar-refractivity contribution >= 4 is 89.4 Å². The highest BCUT2D eigenvalue weighted by Gasteiger charge is 2.36. The van der Waals surface area contributed by atoms with Crippen molar-refractivity contribution in [1.29, 1.82) is 21.0 Å². The summed E-state index contributed by atoms with van der Waals surface area (Å²) in [5.41, 5.74) is 4.23. The van der Waals surface area contributed by atoms with E-state index < -0.39 is 23.1 Å². The van der Waals surface area contributed by atoms with Gasteiger partial charge in [0.05, 0.1) is 64.9 Å². The van der Waals surface area contributed by atoms with Gasteiger partial charge in [-0.05, 0) is 48.6 Å². The van der Waals surface area contributed by atoms with E-state index in [0.29, 0.717) is 9.75 Å². The Morgan fingerprint density at radius 2 is 0.812 bits per heavy atom. The van der Waals surface area contributed by atoms with Crippen LogP contribution in [0.4, 0.5) is 0 Å². The second kappa shape index (κ2) is 9.90. The molecule has 10 nitrogen and oxygen atoms in total. The van der Waals surface area contributed by atoms with Crippen molar-refractivity contribution in [3.63, 3.8) is 0 Å². The SMILES string of the molecule is Cn1c2cc(C=C3C(=O)c4cc(C#N)c(C#N)cc4C3=O)sc2c2c1c1sc(C=C3C(=O)c4cc(C#N)c(C#N)cc4C3=O)cc1n2C. The third-order valence-corrected chi connectivity index (χ3v) is 11.0. The number of ketones is 4. The number of aryl methyl sites for hydroxylation is 2. The van der Waals surface area contributed by atoms with E-state index in [1.807, 2.05) is 59.6 Å². The first-order valence-corrected chi connectivity index (χ1v) is 15.8. The molecular weight excluding hydrogens is 645 g/mol. The van der Waals surface area contributed by atoms with Crippen LogP contribution in [0.1, 0.15) is 73.4 Å². The summed E-state index contributed by atoms with van der Waals surface area (Å²) in [4.78, 5) is 54.2. The van der Waals surface area contributed by atoms with Crippen molar-refractivity contribution in [2.75, 3.05) is 0 Å². The van der Waals surface area contributed by atoms with Crippen LogP contribution in [-0.2, 0) is 14.1 Å². The Bertz CT molecular complexity index is 2570. The number of carbonyl (C=O) groups is 4. The van der Waals surface area contributed by atoms with Gasteiger partial charge in [-0.1, -0.05) is 0 Å². The molecule has 0 atom stereocenters. The van der Waals surface area contributed by atoms with Crippen LogP contribution in [0.5, 0.6) is 0 Å². The maximum absolute atomic E-state index is 13.2. The Kier molecular flexibility index (Phi) is 5.93. The molecule has 2 aromatic carbocycles. The molecule has 48 heavy (non-hydrogen) atoms. The second-order valence-electron chi connectivity index (χ2n) is 11.3. The number of benzene rings is 2. The number of fused-ring (bicyclic) bond motifs is 7. The molecule has 224 valence electrons. The Balaban J connectivity index is 1.19. The van der Waals surface area contributed by atoms with E-state index in [-0.39, 0.29) is 55.7 Å². The first-order valence-electron chi connectivity index (χ1n) is 14.2. The fourth-order valence-corrected chi connectivity index (χ4v) is 8.94. The lowest BCUT2D eigenvalue weighted by Gasteiger charge is -1.98. The van der Waals surface area contributed by atoms with Crippen LogP contribution in [0.3, 0.4) is 0 Å². The molecule has 2 aliphatic rings. The first-order chi connectivity index (χ1) is 23.1. The monoisotopic (exact) mass is 658 g/mol. The van der Waals surface area contributed by atoms with Crippen LogP contribution in [0.15, 0.2) is 47.5 Å². The number of hydrogen-bond acceptors (Lipinski definition) is 10. The average molecular weight is 659 g/mol. The van der Waals surface area contributed by atoms with E-state index in [2.05, 4.69) is 0 Å². The molecule has 2 aliphatic carbocycles. The molecular formula is C36H14N6O4S2. The maximum Gasteiger partial charge on any atom is 0.197 e. The summed E-state index contributed by atoms with van der Waals surface area (Å²) in [7, 11) is 3.83. The molecule has 6 aromatic rings. The van der Waals surface area contributed by atoms with Gasteiger partial charge in [0.1, 0.15) is 24.3 Å². The molecule has 0 spiro atoms. The Hall–Kier alpha value is -6.70. The number of carbonyl (C=O) groups excluding carboxylic acids is 4. The van der Waals surface area contributed by atoms with Gasteiger partial charge in [-0.2, -0.15) is 21.0 Å². The van der Waals surface area contributed by atoms with Crippen molar-refractivity contribution < 1.29 is 19.2 Å². The zero-order valence-corrected chi connectivity index (χ0v) is 26.4. The standard InChI is InChI=1S/C36H14N6O4S2/c1-41-27-9-19(7-25-31(43)21-3-15(11-37)16(12-38)4-22(21)32(25)44)47-35(27)30-29(41)36-28(42(30)2)10-20(48-36)8-26-33(45)23-5-17(13-39)18(14-40)6-24(23)34(26)46/h3-10H,1-2H3. The molecule has 4 heterocycles. The highest BCUT2D eigenvalue weighted by atomic mass is 32.1. The van der Waals surface area contributed by atoms with Gasteiger partial charge in [0.15, 0.2) is 23.1 Å². The molecule has 0 aliphatic heterocycles. The quantitative estimate of drug-likeness (QED) is 0.153. The molecule has 0 bridgehead atoms. The fraction of sp³-hybridized carbons (Fsp3) is 0.0556. The van der Waals surface area contributed by atoms with Crippen LogP contribution in [0.25, 0.3) is 43.6 Å². The number of nitrogens with zero attached hydrogens (tertiary/aromatic N) is 6. The molecule has 4 aromatic heterocycles. The minimum absolute atomic E-state index is 0.0248. The van der Waals surface area contributed by atoms with Crippen LogP contribution in [0, 0.1) is 45.3 Å². The molecule has 0 radical (unpaired) electrons. The minimum Gasteiger partial charge on any atom is -0.340 e. The lowest BCUT2D eigenvalue weighted by atomic mass is 10.0. The predicted molar refractivity (Wildman–Crippen MR) is 178 cm³/mol. The van der Waals surface area contributed by atoms with E-state index in [4.69, 9.17) is 0 Å². The van der Waals surface area contributed by atoms with Crippen LogP contribution in [-0.4, -0.2) is 32.3 Å². The van der Waals surface area contributed by atoms with Crippen LogP contribution < -0.4 is 0 Å². The molecule has 0 N–H and O–H groups in total. The Labute approximate surface area is 278 Å². The number of rotatable bonds is 2. The molecule has 12 heteroatoms. The summed E-state index contributed by atoms with van der Waals surface area (Å²) < 4.78 is 5.94. The first kappa shape index (κ1) is 28.8. The van der Waals surface area contributed by atoms with Crippen molar-refractivity contribution in [2.24, 2.45) is 14.1 Å². The van der Waals surface area contributed by atoms with E-state index >= 15 is 0 Å². The molecule has 0 saturated heterocycles. The van der Waals surface area contributed by atoms with Gasteiger partial charge >= 0.3 is 0 Å². The van der Waals surface area contributed by atoms with Crippen molar-refractivity contribution in [1.82, 2.24) is 9.13 Å². The summed E-state index contributed by atoms with van der Waals surface area (Å²) in [5.74, 6) is -1.95. The van der Waals surface area contributed by atoms with E-state index in [1.54, 1.807) is 12.2 Å². The fourth-order valence-electron chi connectivity index (χ4n) is 6.51. The van der Waals surface area contributed by atoms with Crippen LogP contribution >= 0.6 is 22.7 Å². The summed E-state index contributed by atoms with van der Waals surface area (Å²) in [5, 5.41) is 37.5. The normalized spacial score (nSPS) is 13.6. The summed E-state index contributed by atoms with van der Waals surface area (Å²) in [6.07, 6.45) is 3.11. The second-order valence-corrected chi connectivity index (χ2v) is 13.5. The van der Waals surface area contributed by atoms with Gasteiger partial charge in [-0.3, -0.25) is 19.2 Å². The summed E-state index contributed by atoms with van der Waals surface area (Å²) in [6, 6.07) is 16.6. The van der Waals surface area contributed by atoms with Gasteiger partial charge in [-0.15, -0.1) is 22.7 Å². The number of Topliss-reactive ketones (excluding diaryl/α,β-unsaturated/α-hetero) is 4. The number of allylic oxidation sites excluding steroid dienone is 2. The van der Waals surface area contributed by atoms with E-state index in [1.165, 1.54) is 46.9 Å².